The molecule has 1 aromatic rings. The van der Waals surface area contributed by atoms with Crippen LogP contribution in [0.2, 0.25) is 0 Å². The molecule has 8 nitrogen and oxygen atoms in total. The minimum Gasteiger partial charge on any atom is -0.494 e. The minimum atomic E-state index is -3.19. The van der Waals surface area contributed by atoms with Gasteiger partial charge < -0.3 is 15.2 Å². The number of carbonyl (C=O) groups excluding carboxylic acids is 1. The van der Waals surface area contributed by atoms with Gasteiger partial charge in [-0.05, 0) is 50.5 Å². The van der Waals surface area contributed by atoms with E-state index in [4.69, 9.17) is 9.84 Å². The van der Waals surface area contributed by atoms with E-state index in [1.807, 2.05) is 0 Å². The number of sulfonamides is 1. The van der Waals surface area contributed by atoms with Crippen molar-refractivity contribution < 1.29 is 27.9 Å². The molecule has 27 heavy (non-hydrogen) atoms. The molecule has 1 aliphatic rings. The highest BCUT2D eigenvalue weighted by molar-refractivity contribution is 7.89. The number of nitrogens with one attached hydrogen (secondary N) is 1. The molecular formula is C18H26N2O6S. The summed E-state index contributed by atoms with van der Waals surface area (Å²) in [6.45, 7) is 2.68. The number of benzene rings is 1. The predicted molar refractivity (Wildman–Crippen MR) is 101 cm³/mol. The Bertz CT molecular complexity index is 740. The number of carbonyl (C=O) groups is 2. The van der Waals surface area contributed by atoms with Crippen molar-refractivity contribution in [2.75, 3.05) is 30.8 Å². The quantitative estimate of drug-likeness (QED) is 0.615. The van der Waals surface area contributed by atoms with Gasteiger partial charge in [-0.3, -0.25) is 9.59 Å². The molecule has 1 saturated heterocycles. The van der Waals surface area contributed by atoms with Gasteiger partial charge in [0.05, 0.1) is 12.4 Å². The Kier molecular flexibility index (Phi) is 7.61. The van der Waals surface area contributed by atoms with E-state index in [1.165, 1.54) is 4.31 Å². The lowest BCUT2D eigenvalue weighted by Crippen LogP contribution is -2.42. The monoisotopic (exact) mass is 398 g/mol. The van der Waals surface area contributed by atoms with E-state index in [1.54, 1.807) is 31.2 Å². The third-order valence-electron chi connectivity index (χ3n) is 4.51. The number of ether oxygens (including phenoxy) is 1. The van der Waals surface area contributed by atoms with Crippen LogP contribution >= 0.6 is 0 Å². The zero-order valence-corrected chi connectivity index (χ0v) is 16.2. The Balaban J connectivity index is 1.78. The molecule has 0 spiro atoms. The summed E-state index contributed by atoms with van der Waals surface area (Å²) in [5.41, 5.74) is 0.640. The van der Waals surface area contributed by atoms with Crippen LogP contribution in [-0.4, -0.2) is 55.2 Å². The Morgan fingerprint density at radius 3 is 2.41 bits per heavy atom. The van der Waals surface area contributed by atoms with Gasteiger partial charge in [-0.2, -0.15) is 0 Å². The lowest BCUT2D eigenvalue weighted by molar-refractivity contribution is -0.137. The second kappa shape index (κ2) is 9.70. The van der Waals surface area contributed by atoms with E-state index in [0.29, 0.717) is 50.4 Å². The zero-order valence-electron chi connectivity index (χ0n) is 15.4. The van der Waals surface area contributed by atoms with Crippen LogP contribution in [0, 0.1) is 5.92 Å². The van der Waals surface area contributed by atoms with Crippen LogP contribution < -0.4 is 10.1 Å². The molecule has 0 radical (unpaired) electrons. The molecule has 0 unspecified atom stereocenters. The maximum Gasteiger partial charge on any atom is 0.303 e. The van der Waals surface area contributed by atoms with Crippen LogP contribution in [0.25, 0.3) is 0 Å². The van der Waals surface area contributed by atoms with Crippen molar-refractivity contribution in [1.29, 1.82) is 0 Å². The lowest BCUT2D eigenvalue weighted by atomic mass is 9.97. The van der Waals surface area contributed by atoms with E-state index in [9.17, 15) is 18.0 Å². The van der Waals surface area contributed by atoms with Gasteiger partial charge in [-0.15, -0.1) is 0 Å². The number of nitrogens with zero attached hydrogens (tertiary/aromatic N) is 1. The standard InChI is InChI=1S/C18H26N2O6S/c1-2-27(24,25)20-11-9-14(10-12-20)18(23)19-15-5-7-16(8-6-15)26-13-3-4-17(21)22/h5-8,14H,2-4,9-13H2,1H3,(H,19,23)(H,21,22). The van der Waals surface area contributed by atoms with E-state index >= 15 is 0 Å². The van der Waals surface area contributed by atoms with E-state index in [0.717, 1.165) is 0 Å². The van der Waals surface area contributed by atoms with Gasteiger partial charge in [-0.25, -0.2) is 12.7 Å². The molecule has 0 bridgehead atoms. The van der Waals surface area contributed by atoms with Crippen LogP contribution in [0.5, 0.6) is 5.75 Å². The molecule has 1 aromatic carbocycles. The second-order valence-electron chi connectivity index (χ2n) is 6.43. The van der Waals surface area contributed by atoms with Crippen LogP contribution in [0.4, 0.5) is 5.69 Å². The van der Waals surface area contributed by atoms with Crippen LogP contribution in [0.3, 0.4) is 0 Å². The SMILES string of the molecule is CCS(=O)(=O)N1CCC(C(=O)Nc2ccc(OCCCC(=O)O)cc2)CC1. The summed E-state index contributed by atoms with van der Waals surface area (Å²) in [4.78, 5) is 22.8. The Hall–Kier alpha value is -2.13. The molecule has 0 atom stereocenters. The summed E-state index contributed by atoms with van der Waals surface area (Å²) < 4.78 is 30.6. The zero-order chi connectivity index (χ0) is 19.9. The molecule has 1 aliphatic heterocycles. The minimum absolute atomic E-state index is 0.0620. The van der Waals surface area contributed by atoms with E-state index in [2.05, 4.69) is 5.32 Å². The number of rotatable bonds is 9. The van der Waals surface area contributed by atoms with Crippen LogP contribution in [-0.2, 0) is 19.6 Å². The number of amides is 1. The average molecular weight is 398 g/mol. The molecule has 1 heterocycles. The summed E-state index contributed by atoms with van der Waals surface area (Å²) in [6, 6.07) is 6.88. The lowest BCUT2D eigenvalue weighted by Gasteiger charge is -2.30. The Morgan fingerprint density at radius 2 is 1.85 bits per heavy atom. The molecule has 0 saturated carbocycles. The average Bonchev–Trinajstić information content (AvgIpc) is 2.66. The van der Waals surface area contributed by atoms with Crippen molar-refractivity contribution in [1.82, 2.24) is 4.31 Å². The van der Waals surface area contributed by atoms with Gasteiger partial charge in [0.25, 0.3) is 0 Å². The maximum atomic E-state index is 12.4. The highest BCUT2D eigenvalue weighted by atomic mass is 32.2. The third-order valence-corrected chi connectivity index (χ3v) is 6.39. The first-order valence-electron chi connectivity index (χ1n) is 9.05. The number of hydrogen-bond acceptors (Lipinski definition) is 5. The molecule has 150 valence electrons. The Morgan fingerprint density at radius 1 is 1.22 bits per heavy atom. The van der Waals surface area contributed by atoms with Gasteiger partial charge in [0.1, 0.15) is 5.75 Å². The first kappa shape index (κ1) is 21.2. The second-order valence-corrected chi connectivity index (χ2v) is 8.69. The van der Waals surface area contributed by atoms with E-state index < -0.39 is 16.0 Å². The fourth-order valence-electron chi connectivity index (χ4n) is 2.87. The Labute approximate surface area is 159 Å². The van der Waals surface area contributed by atoms with Gasteiger partial charge in [-0.1, -0.05) is 0 Å². The fraction of sp³-hybridized carbons (Fsp3) is 0.556. The van der Waals surface area contributed by atoms with Gasteiger partial charge in [0, 0.05) is 31.1 Å². The van der Waals surface area contributed by atoms with Crippen LogP contribution in [0.1, 0.15) is 32.6 Å². The number of aliphatic carboxylic acids is 1. The summed E-state index contributed by atoms with van der Waals surface area (Å²) >= 11 is 0. The molecule has 1 amide bonds. The molecule has 2 N–H and O–H groups in total. The molecular weight excluding hydrogens is 372 g/mol. The van der Waals surface area contributed by atoms with Crippen LogP contribution in [0.15, 0.2) is 24.3 Å². The molecule has 0 aromatic heterocycles. The molecule has 2 rings (SSSR count). The summed E-state index contributed by atoms with van der Waals surface area (Å²) in [7, 11) is -3.19. The van der Waals surface area contributed by atoms with Crippen molar-refractivity contribution >= 4 is 27.6 Å². The number of anilines is 1. The number of piperidine rings is 1. The fourth-order valence-corrected chi connectivity index (χ4v) is 4.00. The van der Waals surface area contributed by atoms with Crippen molar-refractivity contribution in [3.8, 4) is 5.75 Å². The molecule has 1 fully saturated rings. The highest BCUT2D eigenvalue weighted by Gasteiger charge is 2.30. The highest BCUT2D eigenvalue weighted by Crippen LogP contribution is 2.22. The smallest absolute Gasteiger partial charge is 0.303 e. The predicted octanol–water partition coefficient (Wildman–Crippen LogP) is 1.93. The summed E-state index contributed by atoms with van der Waals surface area (Å²) in [5.74, 6) is -0.487. The topological polar surface area (TPSA) is 113 Å². The summed E-state index contributed by atoms with van der Waals surface area (Å²) in [6.07, 6.45) is 1.51. The van der Waals surface area contributed by atoms with Crippen molar-refractivity contribution in [3.05, 3.63) is 24.3 Å². The largest absolute Gasteiger partial charge is 0.494 e. The first-order chi connectivity index (χ1) is 12.8. The van der Waals surface area contributed by atoms with Gasteiger partial charge in [0.15, 0.2) is 0 Å². The van der Waals surface area contributed by atoms with E-state index in [-0.39, 0.29) is 24.0 Å². The molecule has 9 heteroatoms. The molecule has 0 aliphatic carbocycles. The number of carboxylic acid groups (broad SMARTS) is 1. The van der Waals surface area contributed by atoms with Crippen molar-refractivity contribution in [3.63, 3.8) is 0 Å². The summed E-state index contributed by atoms with van der Waals surface area (Å²) in [5, 5.41) is 11.4. The third kappa shape index (κ3) is 6.51. The van der Waals surface area contributed by atoms with Gasteiger partial charge >= 0.3 is 5.97 Å². The van der Waals surface area contributed by atoms with Gasteiger partial charge in [0.2, 0.25) is 15.9 Å². The van der Waals surface area contributed by atoms with Crippen molar-refractivity contribution in [2.24, 2.45) is 5.92 Å². The van der Waals surface area contributed by atoms with Crippen molar-refractivity contribution in [2.45, 2.75) is 32.6 Å². The maximum absolute atomic E-state index is 12.4. The number of hydrogen-bond donors (Lipinski definition) is 2. The first-order valence-corrected chi connectivity index (χ1v) is 10.7. The normalized spacial score (nSPS) is 16.0. The number of carboxylic acids is 1.